The summed E-state index contributed by atoms with van der Waals surface area (Å²) in [6.45, 7) is 0.837. The molecule has 6 heteroatoms. The second-order valence-corrected chi connectivity index (χ2v) is 4.55. The molecule has 0 unspecified atom stereocenters. The Morgan fingerprint density at radius 3 is 2.78 bits per heavy atom. The first-order valence-electron chi connectivity index (χ1n) is 5.65. The highest BCUT2D eigenvalue weighted by molar-refractivity contribution is 6.34. The van der Waals surface area contributed by atoms with E-state index in [1.54, 1.807) is 0 Å². The Balaban J connectivity index is 2.09. The van der Waals surface area contributed by atoms with E-state index >= 15 is 0 Å². The quantitative estimate of drug-likeness (QED) is 0.780. The van der Waals surface area contributed by atoms with Gasteiger partial charge in [0.05, 0.1) is 22.3 Å². The lowest BCUT2D eigenvalue weighted by molar-refractivity contribution is -0.117. The Hall–Kier alpha value is -1.59. The van der Waals surface area contributed by atoms with Crippen molar-refractivity contribution in [3.8, 4) is 0 Å². The summed E-state index contributed by atoms with van der Waals surface area (Å²) in [7, 11) is 0. The van der Waals surface area contributed by atoms with E-state index in [9.17, 15) is 9.59 Å². The Morgan fingerprint density at radius 1 is 1.44 bits per heavy atom. The lowest BCUT2D eigenvalue weighted by atomic mass is 10.2. The van der Waals surface area contributed by atoms with Crippen LogP contribution >= 0.6 is 11.6 Å². The molecule has 1 aliphatic rings. The minimum Gasteiger partial charge on any atom is -0.478 e. The van der Waals surface area contributed by atoms with Crippen molar-refractivity contribution in [2.24, 2.45) is 0 Å². The van der Waals surface area contributed by atoms with Gasteiger partial charge in [0.2, 0.25) is 5.91 Å². The van der Waals surface area contributed by atoms with Gasteiger partial charge in [-0.15, -0.1) is 0 Å². The van der Waals surface area contributed by atoms with Gasteiger partial charge in [-0.25, -0.2) is 4.79 Å². The van der Waals surface area contributed by atoms with Gasteiger partial charge in [0.15, 0.2) is 0 Å². The first-order chi connectivity index (χ1) is 8.58. The molecule has 0 bridgehead atoms. The summed E-state index contributed by atoms with van der Waals surface area (Å²) >= 11 is 5.93. The molecule has 96 valence electrons. The van der Waals surface area contributed by atoms with E-state index in [0.717, 1.165) is 19.4 Å². The second-order valence-electron chi connectivity index (χ2n) is 4.14. The zero-order chi connectivity index (χ0) is 13.1. The van der Waals surface area contributed by atoms with Crippen LogP contribution in [0, 0.1) is 0 Å². The van der Waals surface area contributed by atoms with Crippen LogP contribution in [0.2, 0.25) is 5.02 Å². The van der Waals surface area contributed by atoms with Crippen molar-refractivity contribution in [1.29, 1.82) is 0 Å². The number of carbonyl (C=O) groups is 2. The number of carboxylic acid groups (broad SMARTS) is 1. The van der Waals surface area contributed by atoms with Crippen LogP contribution in [0.5, 0.6) is 0 Å². The molecule has 1 fully saturated rings. The van der Waals surface area contributed by atoms with Gasteiger partial charge in [0.1, 0.15) is 0 Å². The first kappa shape index (κ1) is 12.9. The number of carboxylic acids is 1. The fraction of sp³-hybridized carbons (Fsp3) is 0.333. The summed E-state index contributed by atoms with van der Waals surface area (Å²) in [4.78, 5) is 22.6. The maximum Gasteiger partial charge on any atom is 0.335 e. The van der Waals surface area contributed by atoms with Crippen LogP contribution in [0.4, 0.5) is 5.69 Å². The lowest BCUT2D eigenvalue weighted by Gasteiger charge is -2.12. The molecular weight excluding hydrogens is 256 g/mol. The molecule has 5 nitrogen and oxygen atoms in total. The van der Waals surface area contributed by atoms with Gasteiger partial charge >= 0.3 is 5.97 Å². The summed E-state index contributed by atoms with van der Waals surface area (Å²) in [5, 5.41) is 14.8. The predicted octanol–water partition coefficient (Wildman–Crippen LogP) is 1.73. The maximum atomic E-state index is 11.8. The molecule has 0 aliphatic carbocycles. The van der Waals surface area contributed by atoms with Gasteiger partial charge in [0.25, 0.3) is 0 Å². The molecule has 3 N–H and O–H groups in total. The third-order valence-electron chi connectivity index (χ3n) is 2.85. The van der Waals surface area contributed by atoms with Crippen molar-refractivity contribution in [3.05, 3.63) is 28.8 Å². The highest BCUT2D eigenvalue weighted by Crippen LogP contribution is 2.23. The molecular formula is C12H13ClN2O3. The number of halogens is 1. The second kappa shape index (κ2) is 5.37. The van der Waals surface area contributed by atoms with Crippen molar-refractivity contribution in [3.63, 3.8) is 0 Å². The van der Waals surface area contributed by atoms with Crippen molar-refractivity contribution >= 4 is 29.2 Å². The van der Waals surface area contributed by atoms with E-state index in [4.69, 9.17) is 16.7 Å². The van der Waals surface area contributed by atoms with Gasteiger partial charge < -0.3 is 15.7 Å². The number of anilines is 1. The van der Waals surface area contributed by atoms with Crippen LogP contribution in [0.1, 0.15) is 23.2 Å². The smallest absolute Gasteiger partial charge is 0.335 e. The molecule has 1 saturated heterocycles. The van der Waals surface area contributed by atoms with Gasteiger partial charge in [-0.1, -0.05) is 11.6 Å². The summed E-state index contributed by atoms with van der Waals surface area (Å²) in [6, 6.07) is 4.03. The Kier molecular flexibility index (Phi) is 3.84. The highest BCUT2D eigenvalue weighted by atomic mass is 35.5. The Labute approximate surface area is 109 Å². The number of rotatable bonds is 3. The van der Waals surface area contributed by atoms with E-state index in [0.29, 0.717) is 5.69 Å². The number of nitrogens with one attached hydrogen (secondary N) is 2. The summed E-state index contributed by atoms with van der Waals surface area (Å²) in [5.74, 6) is -1.19. The monoisotopic (exact) mass is 268 g/mol. The van der Waals surface area contributed by atoms with E-state index in [2.05, 4.69) is 10.6 Å². The normalized spacial score (nSPS) is 18.6. The molecule has 1 heterocycles. The summed E-state index contributed by atoms with van der Waals surface area (Å²) in [6.07, 6.45) is 1.78. The number of hydrogen-bond donors (Lipinski definition) is 3. The average Bonchev–Trinajstić information content (AvgIpc) is 2.85. The molecule has 1 aromatic carbocycles. The minimum absolute atomic E-state index is 0.0944. The third-order valence-corrected chi connectivity index (χ3v) is 3.16. The van der Waals surface area contributed by atoms with Crippen molar-refractivity contribution in [1.82, 2.24) is 5.32 Å². The zero-order valence-electron chi connectivity index (χ0n) is 9.57. The molecule has 0 radical (unpaired) electrons. The van der Waals surface area contributed by atoms with Gasteiger partial charge in [-0.05, 0) is 37.6 Å². The lowest BCUT2D eigenvalue weighted by Crippen LogP contribution is -2.35. The predicted molar refractivity (Wildman–Crippen MR) is 68.1 cm³/mol. The van der Waals surface area contributed by atoms with Crippen molar-refractivity contribution < 1.29 is 14.7 Å². The standard InChI is InChI=1S/C12H13ClN2O3/c13-8-6-7(12(17)18)3-4-9(8)15-11(16)10-2-1-5-14-10/h3-4,6,10,14H,1-2,5H2,(H,15,16)(H,17,18)/t10-/m1/s1. The van der Waals surface area contributed by atoms with Crippen LogP contribution in [0.25, 0.3) is 0 Å². The molecule has 2 rings (SSSR count). The molecule has 0 spiro atoms. The number of amides is 1. The molecule has 1 atom stereocenters. The summed E-state index contributed by atoms with van der Waals surface area (Å²) in [5.41, 5.74) is 0.525. The molecule has 1 amide bonds. The zero-order valence-corrected chi connectivity index (χ0v) is 10.3. The van der Waals surface area contributed by atoms with Crippen LogP contribution in [0.3, 0.4) is 0 Å². The van der Waals surface area contributed by atoms with E-state index in [-0.39, 0.29) is 22.5 Å². The SMILES string of the molecule is O=C(O)c1ccc(NC(=O)[C@H]2CCCN2)c(Cl)c1. The van der Waals surface area contributed by atoms with Crippen molar-refractivity contribution in [2.45, 2.75) is 18.9 Å². The van der Waals surface area contributed by atoms with E-state index in [1.807, 2.05) is 0 Å². The van der Waals surface area contributed by atoms with E-state index < -0.39 is 5.97 Å². The Bertz CT molecular complexity index is 484. The van der Waals surface area contributed by atoms with Gasteiger partial charge in [-0.2, -0.15) is 0 Å². The number of aromatic carboxylic acids is 1. The fourth-order valence-corrected chi connectivity index (χ4v) is 2.11. The minimum atomic E-state index is -1.05. The number of carbonyl (C=O) groups excluding carboxylic acids is 1. The topological polar surface area (TPSA) is 78.4 Å². The van der Waals surface area contributed by atoms with Gasteiger partial charge in [-0.3, -0.25) is 4.79 Å². The number of hydrogen-bond acceptors (Lipinski definition) is 3. The molecule has 1 aromatic rings. The molecule has 0 aromatic heterocycles. The maximum absolute atomic E-state index is 11.8. The molecule has 0 saturated carbocycles. The first-order valence-corrected chi connectivity index (χ1v) is 6.03. The molecule has 18 heavy (non-hydrogen) atoms. The van der Waals surface area contributed by atoms with Crippen LogP contribution in [-0.2, 0) is 4.79 Å². The van der Waals surface area contributed by atoms with Crippen LogP contribution in [0.15, 0.2) is 18.2 Å². The fourth-order valence-electron chi connectivity index (χ4n) is 1.88. The average molecular weight is 269 g/mol. The largest absolute Gasteiger partial charge is 0.478 e. The van der Waals surface area contributed by atoms with Gasteiger partial charge in [0, 0.05) is 0 Å². The van der Waals surface area contributed by atoms with E-state index in [1.165, 1.54) is 18.2 Å². The summed E-state index contributed by atoms with van der Waals surface area (Å²) < 4.78 is 0. The van der Waals surface area contributed by atoms with Crippen LogP contribution < -0.4 is 10.6 Å². The third kappa shape index (κ3) is 2.80. The molecule has 1 aliphatic heterocycles. The van der Waals surface area contributed by atoms with Crippen molar-refractivity contribution in [2.75, 3.05) is 11.9 Å². The highest BCUT2D eigenvalue weighted by Gasteiger charge is 2.22. The Morgan fingerprint density at radius 2 is 2.22 bits per heavy atom. The number of benzene rings is 1. The van der Waals surface area contributed by atoms with Crippen LogP contribution in [-0.4, -0.2) is 29.6 Å².